The van der Waals surface area contributed by atoms with Crippen LogP contribution in [0.3, 0.4) is 0 Å². The molecular formula is C17H17N3O6. The predicted molar refractivity (Wildman–Crippen MR) is 93.9 cm³/mol. The molecule has 0 aliphatic rings. The molecular weight excluding hydrogens is 342 g/mol. The largest absolute Gasteiger partial charge is 0.497 e. The molecule has 26 heavy (non-hydrogen) atoms. The molecule has 0 unspecified atom stereocenters. The third kappa shape index (κ3) is 4.94. The van der Waals surface area contributed by atoms with Gasteiger partial charge in [0.25, 0.3) is 5.91 Å². The Morgan fingerprint density at radius 2 is 1.96 bits per heavy atom. The highest BCUT2D eigenvalue weighted by molar-refractivity contribution is 5.85. The quantitative estimate of drug-likeness (QED) is 0.439. The van der Waals surface area contributed by atoms with Gasteiger partial charge in [-0.3, -0.25) is 14.9 Å². The van der Waals surface area contributed by atoms with Crippen LogP contribution in [0.1, 0.15) is 5.56 Å². The van der Waals surface area contributed by atoms with Crippen LogP contribution in [0.25, 0.3) is 0 Å². The van der Waals surface area contributed by atoms with E-state index in [1.165, 1.54) is 31.5 Å². The van der Waals surface area contributed by atoms with Crippen molar-refractivity contribution >= 4 is 17.8 Å². The fourth-order valence-corrected chi connectivity index (χ4v) is 2.00. The second kappa shape index (κ2) is 9.02. The van der Waals surface area contributed by atoms with Crippen LogP contribution in [0, 0.1) is 10.1 Å². The minimum Gasteiger partial charge on any atom is -0.497 e. The number of nitrogens with zero attached hydrogens (tertiary/aromatic N) is 2. The summed E-state index contributed by atoms with van der Waals surface area (Å²) in [6.07, 6.45) is 1.40. The van der Waals surface area contributed by atoms with Crippen LogP contribution in [-0.4, -0.2) is 37.9 Å². The summed E-state index contributed by atoms with van der Waals surface area (Å²) in [7, 11) is 3.05. The lowest BCUT2D eigenvalue weighted by atomic mass is 10.2. The van der Waals surface area contributed by atoms with Gasteiger partial charge in [-0.15, -0.1) is 0 Å². The van der Waals surface area contributed by atoms with Crippen LogP contribution in [-0.2, 0) is 4.79 Å². The summed E-state index contributed by atoms with van der Waals surface area (Å²) in [6, 6.07) is 10.9. The Morgan fingerprint density at radius 3 is 2.65 bits per heavy atom. The van der Waals surface area contributed by atoms with E-state index < -0.39 is 17.4 Å². The van der Waals surface area contributed by atoms with E-state index in [-0.39, 0.29) is 11.4 Å². The lowest BCUT2D eigenvalue weighted by Gasteiger charge is -2.07. The summed E-state index contributed by atoms with van der Waals surface area (Å²) >= 11 is 0. The van der Waals surface area contributed by atoms with E-state index >= 15 is 0 Å². The van der Waals surface area contributed by atoms with Crippen molar-refractivity contribution in [3.8, 4) is 17.2 Å². The Balaban J connectivity index is 1.93. The number of hydrogen-bond acceptors (Lipinski definition) is 7. The molecule has 9 nitrogen and oxygen atoms in total. The van der Waals surface area contributed by atoms with Crippen molar-refractivity contribution in [1.82, 2.24) is 5.43 Å². The molecule has 136 valence electrons. The van der Waals surface area contributed by atoms with Gasteiger partial charge in [-0.1, -0.05) is 12.1 Å². The second-order valence-electron chi connectivity index (χ2n) is 4.91. The normalized spacial score (nSPS) is 10.4. The molecule has 1 amide bonds. The van der Waals surface area contributed by atoms with Gasteiger partial charge < -0.3 is 14.2 Å². The topological polar surface area (TPSA) is 112 Å². The zero-order chi connectivity index (χ0) is 18.9. The van der Waals surface area contributed by atoms with Crippen molar-refractivity contribution in [3.63, 3.8) is 0 Å². The zero-order valence-electron chi connectivity index (χ0n) is 14.2. The number of amides is 1. The molecule has 0 aliphatic carbocycles. The number of carbonyl (C=O) groups is 1. The predicted octanol–water partition coefficient (Wildman–Crippen LogP) is 2.14. The van der Waals surface area contributed by atoms with E-state index in [1.54, 1.807) is 31.4 Å². The van der Waals surface area contributed by atoms with Gasteiger partial charge in [0.05, 0.1) is 25.4 Å². The minimum absolute atomic E-state index is 0.00783. The van der Waals surface area contributed by atoms with Crippen LogP contribution in [0.4, 0.5) is 5.69 Å². The molecule has 0 bridgehead atoms. The Hall–Kier alpha value is -3.62. The Kier molecular flexibility index (Phi) is 6.49. The van der Waals surface area contributed by atoms with Gasteiger partial charge >= 0.3 is 5.69 Å². The maximum atomic E-state index is 11.8. The first-order chi connectivity index (χ1) is 12.5. The molecule has 0 aromatic heterocycles. The number of ether oxygens (including phenoxy) is 3. The smallest absolute Gasteiger partial charge is 0.310 e. The first-order valence-electron chi connectivity index (χ1n) is 7.45. The molecule has 0 radical (unpaired) electrons. The van der Waals surface area contributed by atoms with Gasteiger partial charge in [-0.25, -0.2) is 5.43 Å². The molecule has 0 saturated carbocycles. The molecule has 0 heterocycles. The standard InChI is InChI=1S/C17H17N3O6/c1-24-13-8-7-12(16(9-13)25-2)10-18-19-17(21)11-26-15-6-4-3-5-14(15)20(22)23/h3-10H,11H2,1-2H3,(H,19,21)/b18-10-. The number of hydrogen-bond donors (Lipinski definition) is 1. The van der Waals surface area contributed by atoms with Crippen molar-refractivity contribution in [3.05, 3.63) is 58.1 Å². The van der Waals surface area contributed by atoms with E-state index in [0.717, 1.165) is 0 Å². The SMILES string of the molecule is COc1ccc(/C=N\NC(=O)COc2ccccc2[N+](=O)[O-])c(OC)c1. The molecule has 0 spiro atoms. The van der Waals surface area contributed by atoms with Crippen molar-refractivity contribution in [1.29, 1.82) is 0 Å². The molecule has 0 aliphatic heterocycles. The zero-order valence-corrected chi connectivity index (χ0v) is 14.2. The number of rotatable bonds is 8. The number of carbonyl (C=O) groups excluding carboxylic acids is 1. The molecule has 0 saturated heterocycles. The van der Waals surface area contributed by atoms with Crippen molar-refractivity contribution < 1.29 is 23.9 Å². The number of para-hydroxylation sites is 2. The first-order valence-corrected chi connectivity index (χ1v) is 7.45. The van der Waals surface area contributed by atoms with Gasteiger partial charge in [0.1, 0.15) is 11.5 Å². The highest BCUT2D eigenvalue weighted by atomic mass is 16.6. The Labute approximate surface area is 149 Å². The van der Waals surface area contributed by atoms with E-state index in [1.807, 2.05) is 0 Å². The molecule has 2 aromatic rings. The van der Waals surface area contributed by atoms with Crippen LogP contribution >= 0.6 is 0 Å². The van der Waals surface area contributed by atoms with Gasteiger partial charge in [0.15, 0.2) is 12.4 Å². The molecule has 9 heteroatoms. The maximum absolute atomic E-state index is 11.8. The summed E-state index contributed by atoms with van der Waals surface area (Å²) < 4.78 is 15.5. The number of benzene rings is 2. The minimum atomic E-state index is -0.582. The van der Waals surface area contributed by atoms with E-state index in [2.05, 4.69) is 10.5 Å². The number of hydrazone groups is 1. The van der Waals surface area contributed by atoms with Crippen LogP contribution in [0.2, 0.25) is 0 Å². The lowest BCUT2D eigenvalue weighted by Crippen LogP contribution is -2.24. The van der Waals surface area contributed by atoms with Gasteiger partial charge in [0.2, 0.25) is 0 Å². The van der Waals surface area contributed by atoms with Crippen molar-refractivity contribution in [2.75, 3.05) is 20.8 Å². The third-order valence-electron chi connectivity index (χ3n) is 3.25. The van der Waals surface area contributed by atoms with E-state index in [9.17, 15) is 14.9 Å². The van der Waals surface area contributed by atoms with Crippen molar-refractivity contribution in [2.24, 2.45) is 5.10 Å². The number of nitro benzene ring substituents is 1. The average molecular weight is 359 g/mol. The highest BCUT2D eigenvalue weighted by Crippen LogP contribution is 2.25. The summed E-state index contributed by atoms with van der Waals surface area (Å²) in [4.78, 5) is 22.1. The molecule has 1 N–H and O–H groups in total. The summed E-state index contributed by atoms with van der Waals surface area (Å²) in [6.45, 7) is -0.415. The fourth-order valence-electron chi connectivity index (χ4n) is 2.00. The highest BCUT2D eigenvalue weighted by Gasteiger charge is 2.14. The van der Waals surface area contributed by atoms with Gasteiger partial charge in [-0.05, 0) is 18.2 Å². The average Bonchev–Trinajstić information content (AvgIpc) is 2.66. The first kappa shape index (κ1) is 18.7. The Morgan fingerprint density at radius 1 is 1.19 bits per heavy atom. The molecule has 2 aromatic carbocycles. The number of nitrogens with one attached hydrogen (secondary N) is 1. The molecule has 2 rings (SSSR count). The maximum Gasteiger partial charge on any atom is 0.310 e. The Bertz CT molecular complexity index is 822. The fraction of sp³-hybridized carbons (Fsp3) is 0.176. The summed E-state index contributed by atoms with van der Waals surface area (Å²) in [5.74, 6) is 0.597. The van der Waals surface area contributed by atoms with Crippen LogP contribution in [0.15, 0.2) is 47.6 Å². The number of nitro groups is 1. The number of methoxy groups -OCH3 is 2. The van der Waals surface area contributed by atoms with E-state index in [0.29, 0.717) is 17.1 Å². The monoisotopic (exact) mass is 359 g/mol. The van der Waals surface area contributed by atoms with Gasteiger partial charge in [-0.2, -0.15) is 5.10 Å². The molecule has 0 atom stereocenters. The summed E-state index contributed by atoms with van der Waals surface area (Å²) in [5, 5.41) is 14.7. The molecule has 0 fully saturated rings. The van der Waals surface area contributed by atoms with Crippen LogP contribution < -0.4 is 19.6 Å². The van der Waals surface area contributed by atoms with Crippen molar-refractivity contribution in [2.45, 2.75) is 0 Å². The lowest BCUT2D eigenvalue weighted by molar-refractivity contribution is -0.385. The van der Waals surface area contributed by atoms with Gasteiger partial charge in [0, 0.05) is 17.7 Å². The second-order valence-corrected chi connectivity index (χ2v) is 4.91. The van der Waals surface area contributed by atoms with Crippen LogP contribution in [0.5, 0.6) is 17.2 Å². The summed E-state index contributed by atoms with van der Waals surface area (Å²) in [5.41, 5.74) is 2.70. The van der Waals surface area contributed by atoms with E-state index in [4.69, 9.17) is 14.2 Å². The third-order valence-corrected chi connectivity index (χ3v) is 3.25.